The highest BCUT2D eigenvalue weighted by atomic mass is 35.5. The molecule has 0 saturated carbocycles. The number of rotatable bonds is 1. The number of carbonyl (C=O) groups is 1. The molecule has 0 bridgehead atoms. The first kappa shape index (κ1) is 10.4. The van der Waals surface area contributed by atoms with E-state index in [-0.39, 0.29) is 9.90 Å². The predicted molar refractivity (Wildman–Crippen MR) is 58.5 cm³/mol. The zero-order valence-corrected chi connectivity index (χ0v) is 9.25. The number of fused-ring (bicyclic) bond motifs is 1. The van der Waals surface area contributed by atoms with Gasteiger partial charge in [0, 0.05) is 5.39 Å². The number of hydrogen-bond donors (Lipinski definition) is 1. The van der Waals surface area contributed by atoms with Crippen molar-refractivity contribution in [2.45, 2.75) is 6.92 Å². The van der Waals surface area contributed by atoms with Crippen LogP contribution in [-0.2, 0) is 0 Å². The molecule has 0 spiro atoms. The fourth-order valence-corrected chi connectivity index (χ4v) is 2.77. The molecule has 0 fully saturated rings. The van der Waals surface area contributed by atoms with E-state index in [4.69, 9.17) is 16.7 Å². The molecule has 5 heteroatoms. The van der Waals surface area contributed by atoms with Crippen LogP contribution in [0.1, 0.15) is 15.2 Å². The lowest BCUT2D eigenvalue weighted by Gasteiger charge is -1.96. The van der Waals surface area contributed by atoms with Crippen LogP contribution in [0.2, 0.25) is 5.02 Å². The number of carboxylic acid groups (broad SMARTS) is 1. The molecular weight excluding hydrogens is 239 g/mol. The van der Waals surface area contributed by atoms with Gasteiger partial charge in [0.1, 0.15) is 10.7 Å². The average Bonchev–Trinajstić information content (AvgIpc) is 2.51. The van der Waals surface area contributed by atoms with Gasteiger partial charge in [-0.2, -0.15) is 0 Å². The van der Waals surface area contributed by atoms with E-state index in [1.54, 1.807) is 19.1 Å². The predicted octanol–water partition coefficient (Wildman–Crippen LogP) is 3.70. The maximum absolute atomic E-state index is 13.6. The van der Waals surface area contributed by atoms with Gasteiger partial charge in [0.05, 0.1) is 9.72 Å². The van der Waals surface area contributed by atoms with Crippen LogP contribution in [-0.4, -0.2) is 11.1 Å². The van der Waals surface area contributed by atoms with E-state index in [2.05, 4.69) is 0 Å². The SMILES string of the molecule is Cc1ccc2c(Cl)c(C(=O)O)sc2c1F. The molecule has 0 amide bonds. The molecule has 2 nitrogen and oxygen atoms in total. The first-order valence-corrected chi connectivity index (χ1v) is 5.32. The minimum atomic E-state index is -1.13. The minimum absolute atomic E-state index is 0.0174. The van der Waals surface area contributed by atoms with E-state index in [0.29, 0.717) is 15.6 Å². The molecule has 1 aromatic carbocycles. The summed E-state index contributed by atoms with van der Waals surface area (Å²) >= 11 is 6.71. The normalized spacial score (nSPS) is 10.9. The Balaban J connectivity index is 2.88. The van der Waals surface area contributed by atoms with Crippen molar-refractivity contribution < 1.29 is 14.3 Å². The Labute approximate surface area is 93.9 Å². The second-order valence-electron chi connectivity index (χ2n) is 3.12. The van der Waals surface area contributed by atoms with Crippen molar-refractivity contribution >= 4 is 39.0 Å². The molecule has 1 heterocycles. The van der Waals surface area contributed by atoms with Gasteiger partial charge in [-0.1, -0.05) is 23.7 Å². The first-order chi connectivity index (χ1) is 7.02. The van der Waals surface area contributed by atoms with E-state index in [9.17, 15) is 9.18 Å². The van der Waals surface area contributed by atoms with Crippen molar-refractivity contribution in [1.82, 2.24) is 0 Å². The molecule has 2 rings (SSSR count). The lowest BCUT2D eigenvalue weighted by molar-refractivity contribution is 0.0702. The maximum Gasteiger partial charge on any atom is 0.347 e. The van der Waals surface area contributed by atoms with Crippen molar-refractivity contribution in [3.63, 3.8) is 0 Å². The molecule has 2 aromatic rings. The summed E-state index contributed by atoms with van der Waals surface area (Å²) < 4.78 is 13.9. The van der Waals surface area contributed by atoms with Crippen LogP contribution in [0.3, 0.4) is 0 Å². The molecular formula is C10H6ClFO2S. The van der Waals surface area contributed by atoms with Crippen LogP contribution >= 0.6 is 22.9 Å². The Morgan fingerprint density at radius 1 is 1.53 bits per heavy atom. The molecule has 0 radical (unpaired) electrons. The van der Waals surface area contributed by atoms with Gasteiger partial charge >= 0.3 is 5.97 Å². The van der Waals surface area contributed by atoms with E-state index in [1.165, 1.54) is 0 Å². The van der Waals surface area contributed by atoms with Crippen LogP contribution in [0, 0.1) is 12.7 Å². The Morgan fingerprint density at radius 3 is 2.80 bits per heavy atom. The number of thiophene rings is 1. The topological polar surface area (TPSA) is 37.3 Å². The zero-order chi connectivity index (χ0) is 11.2. The lowest BCUT2D eigenvalue weighted by Crippen LogP contribution is -1.91. The van der Waals surface area contributed by atoms with Gasteiger partial charge in [0.15, 0.2) is 0 Å². The van der Waals surface area contributed by atoms with Crippen molar-refractivity contribution in [1.29, 1.82) is 0 Å². The summed E-state index contributed by atoms with van der Waals surface area (Å²) in [6, 6.07) is 3.22. The number of halogens is 2. The Bertz CT molecular complexity index is 562. The fraction of sp³-hybridized carbons (Fsp3) is 0.100. The van der Waals surface area contributed by atoms with Gasteiger partial charge in [-0.25, -0.2) is 9.18 Å². The minimum Gasteiger partial charge on any atom is -0.477 e. The summed E-state index contributed by atoms with van der Waals surface area (Å²) in [6.45, 7) is 1.63. The highest BCUT2D eigenvalue weighted by Crippen LogP contribution is 2.37. The Morgan fingerprint density at radius 2 is 2.20 bits per heavy atom. The van der Waals surface area contributed by atoms with Crippen LogP contribution in [0.15, 0.2) is 12.1 Å². The first-order valence-electron chi connectivity index (χ1n) is 4.12. The zero-order valence-electron chi connectivity index (χ0n) is 7.67. The van der Waals surface area contributed by atoms with Crippen molar-refractivity contribution in [2.24, 2.45) is 0 Å². The quantitative estimate of drug-likeness (QED) is 0.831. The number of benzene rings is 1. The van der Waals surface area contributed by atoms with Gasteiger partial charge in [0.25, 0.3) is 0 Å². The standard InChI is InChI=1S/C10H6ClFO2S/c1-4-2-3-5-6(11)9(10(13)14)15-8(5)7(4)12/h2-3H,1H3,(H,13,14). The lowest BCUT2D eigenvalue weighted by atomic mass is 10.2. The van der Waals surface area contributed by atoms with E-state index in [0.717, 1.165) is 11.3 Å². The summed E-state index contributed by atoms with van der Waals surface area (Å²) in [5.41, 5.74) is 0.484. The molecule has 1 N–H and O–H groups in total. The largest absolute Gasteiger partial charge is 0.477 e. The number of aryl methyl sites for hydroxylation is 1. The van der Waals surface area contributed by atoms with Crippen molar-refractivity contribution in [3.8, 4) is 0 Å². The molecule has 1 aromatic heterocycles. The number of aromatic carboxylic acids is 1. The smallest absolute Gasteiger partial charge is 0.347 e. The third-order valence-electron chi connectivity index (χ3n) is 2.12. The summed E-state index contributed by atoms with van der Waals surface area (Å²) in [5, 5.41) is 9.40. The number of carboxylic acids is 1. The van der Waals surface area contributed by atoms with Gasteiger partial charge in [-0.05, 0) is 12.5 Å². The molecule has 0 unspecified atom stereocenters. The highest BCUT2D eigenvalue weighted by Gasteiger charge is 2.18. The summed E-state index contributed by atoms with van der Waals surface area (Å²) in [4.78, 5) is 10.8. The molecule has 0 aliphatic rings. The molecule has 15 heavy (non-hydrogen) atoms. The second-order valence-corrected chi connectivity index (χ2v) is 4.52. The van der Waals surface area contributed by atoms with Crippen molar-refractivity contribution in [2.75, 3.05) is 0 Å². The Hall–Kier alpha value is -1.13. The van der Waals surface area contributed by atoms with Gasteiger partial charge in [-0.15, -0.1) is 11.3 Å². The third kappa shape index (κ3) is 1.50. The summed E-state index contributed by atoms with van der Waals surface area (Å²) in [7, 11) is 0. The fourth-order valence-electron chi connectivity index (χ4n) is 1.33. The summed E-state index contributed by atoms with van der Waals surface area (Å²) in [6.07, 6.45) is 0. The van der Waals surface area contributed by atoms with Gasteiger partial charge in [0.2, 0.25) is 0 Å². The van der Waals surface area contributed by atoms with E-state index >= 15 is 0 Å². The van der Waals surface area contributed by atoms with E-state index in [1.807, 2.05) is 0 Å². The van der Waals surface area contributed by atoms with Crippen LogP contribution < -0.4 is 0 Å². The Kier molecular flexibility index (Phi) is 2.40. The van der Waals surface area contributed by atoms with Crippen LogP contribution in [0.25, 0.3) is 10.1 Å². The third-order valence-corrected chi connectivity index (χ3v) is 3.82. The molecule has 0 aliphatic heterocycles. The highest BCUT2D eigenvalue weighted by molar-refractivity contribution is 7.21. The maximum atomic E-state index is 13.6. The summed E-state index contributed by atoms with van der Waals surface area (Å²) in [5.74, 6) is -1.52. The number of hydrogen-bond acceptors (Lipinski definition) is 2. The molecule has 78 valence electrons. The van der Waals surface area contributed by atoms with E-state index < -0.39 is 11.8 Å². The van der Waals surface area contributed by atoms with Gasteiger partial charge in [-0.3, -0.25) is 0 Å². The monoisotopic (exact) mass is 244 g/mol. The van der Waals surface area contributed by atoms with Crippen molar-refractivity contribution in [3.05, 3.63) is 33.4 Å². The molecule has 0 saturated heterocycles. The van der Waals surface area contributed by atoms with Gasteiger partial charge < -0.3 is 5.11 Å². The van der Waals surface area contributed by atoms with Crippen LogP contribution in [0.5, 0.6) is 0 Å². The second kappa shape index (κ2) is 3.47. The average molecular weight is 245 g/mol. The molecule has 0 atom stereocenters. The molecule has 0 aliphatic carbocycles. The van der Waals surface area contributed by atoms with Crippen LogP contribution in [0.4, 0.5) is 4.39 Å².